The zero-order valence-corrected chi connectivity index (χ0v) is 17.2. The summed E-state index contributed by atoms with van der Waals surface area (Å²) in [7, 11) is -4.10. The molecule has 4 nitrogen and oxygen atoms in total. The van der Waals surface area contributed by atoms with Gasteiger partial charge in [0.1, 0.15) is 11.2 Å². The molecule has 0 aliphatic heterocycles. The number of rotatable bonds is 1. The minimum atomic E-state index is -2.38. The van der Waals surface area contributed by atoms with Gasteiger partial charge in [-0.3, -0.25) is 0 Å². The monoisotopic (exact) mass is 407 g/mol. The Balaban J connectivity index is 2.15. The van der Waals surface area contributed by atoms with E-state index in [0.29, 0.717) is 11.2 Å². The Hall–Kier alpha value is -2.75. The van der Waals surface area contributed by atoms with Crippen LogP contribution in [0, 0.1) is 0 Å². The average molecular weight is 407 g/mol. The maximum atomic E-state index is 12.3. The Morgan fingerprint density at radius 1 is 0.714 bits per heavy atom. The Labute approximate surface area is 163 Å². The van der Waals surface area contributed by atoms with E-state index in [1.54, 1.807) is 12.5 Å². The van der Waals surface area contributed by atoms with Crippen LogP contribution in [0.3, 0.4) is 0 Å². The zero-order chi connectivity index (χ0) is 19.3. The summed E-state index contributed by atoms with van der Waals surface area (Å²) in [6.07, 6.45) is 3.19. The standard InChI is InChI=1S/C22H18NO3PS/c1-28(2,24)23-27-25-19-13-11-15-7-3-5-9-17(15)21(19)22-18-10-6-4-8-16(18)12-14-20(22)26-27/h3-14H,1-2H3. The SMILES string of the molecule is CS(C)(=O)=Np1oc2ccc3ccccc3c2c2c(ccc3ccccc32)o1. The molecule has 5 rings (SSSR count). The fraction of sp³-hybridized carbons (Fsp3) is 0.0909. The van der Waals surface area contributed by atoms with E-state index in [0.717, 1.165) is 32.3 Å². The molecule has 0 fully saturated rings. The summed E-state index contributed by atoms with van der Waals surface area (Å²) >= 11 is 0. The lowest BCUT2D eigenvalue weighted by atomic mass is 9.99. The molecule has 4 aromatic carbocycles. The van der Waals surface area contributed by atoms with Crippen molar-refractivity contribution in [3.8, 4) is 0 Å². The van der Waals surface area contributed by atoms with Gasteiger partial charge in [0.2, 0.25) is 0 Å². The van der Waals surface area contributed by atoms with Crippen LogP contribution in [0.25, 0.3) is 43.5 Å². The quantitative estimate of drug-likeness (QED) is 0.298. The van der Waals surface area contributed by atoms with Gasteiger partial charge in [0.15, 0.2) is 0 Å². The molecule has 0 spiro atoms. The summed E-state index contributed by atoms with van der Waals surface area (Å²) in [5.41, 5.74) is 1.40. The van der Waals surface area contributed by atoms with Gasteiger partial charge in [-0.1, -0.05) is 60.7 Å². The van der Waals surface area contributed by atoms with Crippen molar-refractivity contribution in [3.05, 3.63) is 72.8 Å². The molecular formula is C22H18NO3PS. The predicted molar refractivity (Wildman–Crippen MR) is 119 cm³/mol. The molecule has 0 atom stereocenters. The van der Waals surface area contributed by atoms with Crippen LogP contribution in [-0.2, 0) is 9.73 Å². The van der Waals surface area contributed by atoms with Crippen LogP contribution in [0.2, 0.25) is 0 Å². The molecule has 0 amide bonds. The van der Waals surface area contributed by atoms with E-state index in [9.17, 15) is 4.21 Å². The number of benzene rings is 4. The topological polar surface area (TPSA) is 55.7 Å². The summed E-state index contributed by atoms with van der Waals surface area (Å²) in [6, 6.07) is 24.4. The third kappa shape index (κ3) is 2.97. The van der Waals surface area contributed by atoms with E-state index in [4.69, 9.17) is 8.39 Å². The van der Waals surface area contributed by atoms with Crippen molar-refractivity contribution in [1.29, 1.82) is 0 Å². The molecule has 0 bridgehead atoms. The van der Waals surface area contributed by atoms with E-state index in [1.807, 2.05) is 48.5 Å². The number of nitrogens with zero attached hydrogens (tertiary/aromatic N) is 1. The molecule has 0 radical (unpaired) electrons. The third-order valence-corrected chi connectivity index (χ3v) is 7.46. The van der Waals surface area contributed by atoms with Crippen molar-refractivity contribution in [3.63, 3.8) is 0 Å². The molecule has 6 heteroatoms. The minimum absolute atomic E-state index is 0.701. The molecule has 28 heavy (non-hydrogen) atoms. The molecule has 0 aliphatic carbocycles. The van der Waals surface area contributed by atoms with Gasteiger partial charge < -0.3 is 8.39 Å². The fourth-order valence-electron chi connectivity index (χ4n) is 3.55. The van der Waals surface area contributed by atoms with Crippen molar-refractivity contribution in [2.75, 3.05) is 12.5 Å². The summed E-state index contributed by atoms with van der Waals surface area (Å²) in [5.74, 6) is 0. The van der Waals surface area contributed by atoms with Crippen LogP contribution < -0.4 is 0 Å². The van der Waals surface area contributed by atoms with Crippen LogP contribution in [0.4, 0.5) is 0 Å². The van der Waals surface area contributed by atoms with Gasteiger partial charge in [-0.25, -0.2) is 4.21 Å². The number of hydrogen-bond acceptors (Lipinski definition) is 4. The minimum Gasteiger partial charge on any atom is -0.402 e. The van der Waals surface area contributed by atoms with E-state index in [-0.39, 0.29) is 0 Å². The molecule has 1 aromatic heterocycles. The molecule has 0 saturated carbocycles. The third-order valence-electron chi connectivity index (χ3n) is 4.65. The van der Waals surface area contributed by atoms with E-state index in [1.165, 1.54) is 0 Å². The first-order valence-electron chi connectivity index (χ1n) is 8.87. The molecule has 0 N–H and O–H groups in total. The number of hydrogen-bond donors (Lipinski definition) is 0. The lowest BCUT2D eigenvalue weighted by Crippen LogP contribution is -1.86. The second-order valence-electron chi connectivity index (χ2n) is 7.00. The van der Waals surface area contributed by atoms with Crippen molar-refractivity contribution < 1.29 is 12.6 Å². The van der Waals surface area contributed by atoms with Crippen molar-refractivity contribution in [2.45, 2.75) is 0 Å². The van der Waals surface area contributed by atoms with Gasteiger partial charge in [0.25, 0.3) is 0 Å². The van der Waals surface area contributed by atoms with E-state index >= 15 is 0 Å². The zero-order valence-electron chi connectivity index (χ0n) is 15.5. The molecule has 140 valence electrons. The van der Waals surface area contributed by atoms with Gasteiger partial charge in [-0.05, 0) is 33.7 Å². The summed E-state index contributed by atoms with van der Waals surface area (Å²) < 4.78 is 29.0. The van der Waals surface area contributed by atoms with E-state index < -0.39 is 17.9 Å². The fourth-order valence-corrected chi connectivity index (χ4v) is 5.78. The first kappa shape index (κ1) is 17.4. The molecule has 0 unspecified atom stereocenters. The smallest absolute Gasteiger partial charge is 0.371 e. The van der Waals surface area contributed by atoms with Crippen molar-refractivity contribution >= 4 is 61.4 Å². The van der Waals surface area contributed by atoms with Crippen LogP contribution in [0.5, 0.6) is 0 Å². The predicted octanol–water partition coefficient (Wildman–Crippen LogP) is 7.09. The number of fused-ring (bicyclic) bond motifs is 7. The summed E-state index contributed by atoms with van der Waals surface area (Å²) in [4.78, 5) is 0. The average Bonchev–Trinajstić information content (AvgIpc) is 2.82. The van der Waals surface area contributed by atoms with Crippen molar-refractivity contribution in [1.82, 2.24) is 0 Å². The lowest BCUT2D eigenvalue weighted by molar-refractivity contribution is 0.642. The highest BCUT2D eigenvalue weighted by Crippen LogP contribution is 2.41. The Morgan fingerprint density at radius 3 is 1.64 bits per heavy atom. The molecular weight excluding hydrogens is 389 g/mol. The first-order chi connectivity index (χ1) is 13.5. The van der Waals surface area contributed by atoms with Gasteiger partial charge in [-0.15, -0.1) is 4.13 Å². The first-order valence-corrected chi connectivity index (χ1v) is 12.3. The highest BCUT2D eigenvalue weighted by molar-refractivity contribution is 7.94. The van der Waals surface area contributed by atoms with Crippen molar-refractivity contribution in [2.24, 2.45) is 4.13 Å². The highest BCUT2D eigenvalue weighted by atomic mass is 32.2. The molecule has 1 heterocycles. The van der Waals surface area contributed by atoms with Crippen LogP contribution in [-0.4, -0.2) is 16.7 Å². The normalized spacial score (nSPS) is 12.1. The molecule has 0 saturated heterocycles. The van der Waals surface area contributed by atoms with Gasteiger partial charge in [0.05, 0.1) is 9.73 Å². The Kier molecular flexibility index (Phi) is 3.97. The van der Waals surface area contributed by atoms with Crippen LogP contribution in [0.1, 0.15) is 0 Å². The maximum Gasteiger partial charge on any atom is 0.371 e. The van der Waals surface area contributed by atoms with Crippen LogP contribution >= 0.6 is 8.16 Å². The summed E-state index contributed by atoms with van der Waals surface area (Å²) in [6.45, 7) is 0. The lowest BCUT2D eigenvalue weighted by Gasteiger charge is -2.05. The molecule has 0 aliphatic rings. The largest absolute Gasteiger partial charge is 0.402 e. The van der Waals surface area contributed by atoms with Gasteiger partial charge in [0, 0.05) is 23.3 Å². The second kappa shape index (κ2) is 6.40. The van der Waals surface area contributed by atoms with E-state index in [2.05, 4.69) is 28.4 Å². The van der Waals surface area contributed by atoms with Gasteiger partial charge in [-0.2, -0.15) is 0 Å². The summed E-state index contributed by atoms with van der Waals surface area (Å²) in [5, 5.41) is 6.41. The second-order valence-corrected chi connectivity index (χ2v) is 10.9. The maximum absolute atomic E-state index is 12.3. The highest BCUT2D eigenvalue weighted by Gasteiger charge is 2.12. The Bertz CT molecular complexity index is 1440. The van der Waals surface area contributed by atoms with Gasteiger partial charge >= 0.3 is 8.16 Å². The Morgan fingerprint density at radius 2 is 1.18 bits per heavy atom. The van der Waals surface area contributed by atoms with Crippen LogP contribution in [0.15, 0.2) is 85.3 Å². The molecule has 5 aromatic rings.